The van der Waals surface area contributed by atoms with Crippen molar-refractivity contribution in [3.63, 3.8) is 0 Å². The van der Waals surface area contributed by atoms with Crippen LogP contribution < -0.4 is 10.6 Å². The third-order valence-electron chi connectivity index (χ3n) is 5.12. The smallest absolute Gasteiger partial charge is 0.237 e. The van der Waals surface area contributed by atoms with E-state index in [0.29, 0.717) is 6.54 Å². The van der Waals surface area contributed by atoms with Gasteiger partial charge in [-0.15, -0.1) is 0 Å². The molecule has 5 nitrogen and oxygen atoms in total. The number of aryl methyl sites for hydroxylation is 2. The lowest BCUT2D eigenvalue weighted by atomic mass is 9.92. The zero-order chi connectivity index (χ0) is 17.8. The second-order valence-corrected chi connectivity index (χ2v) is 6.84. The lowest BCUT2D eigenvalue weighted by molar-refractivity contribution is -0.123. The second kappa shape index (κ2) is 7.83. The molecule has 1 aromatic heterocycles. The van der Waals surface area contributed by atoms with E-state index in [4.69, 9.17) is 0 Å². The van der Waals surface area contributed by atoms with Crippen LogP contribution in [0.15, 0.2) is 30.5 Å². The monoisotopic (exact) mass is 340 g/mol. The highest BCUT2D eigenvalue weighted by atomic mass is 16.2. The molecular formula is C20H28N4O. The molecular weight excluding hydrogens is 312 g/mol. The molecule has 5 heteroatoms. The van der Waals surface area contributed by atoms with E-state index in [1.807, 2.05) is 25.3 Å². The maximum atomic E-state index is 12.5. The Bertz CT molecular complexity index is 737. The van der Waals surface area contributed by atoms with Crippen LogP contribution in [0.25, 0.3) is 0 Å². The molecule has 1 heterocycles. The summed E-state index contributed by atoms with van der Waals surface area (Å²) in [6, 6.07) is 8.12. The summed E-state index contributed by atoms with van der Waals surface area (Å²) in [4.78, 5) is 12.5. The van der Waals surface area contributed by atoms with Gasteiger partial charge in [-0.25, -0.2) is 0 Å². The van der Waals surface area contributed by atoms with Crippen LogP contribution in [0.2, 0.25) is 0 Å². The average Bonchev–Trinajstić information content (AvgIpc) is 3.05. The molecule has 0 spiro atoms. The first-order valence-corrected chi connectivity index (χ1v) is 9.23. The van der Waals surface area contributed by atoms with E-state index in [1.54, 1.807) is 0 Å². The van der Waals surface area contributed by atoms with Crippen molar-refractivity contribution in [2.45, 2.75) is 65.2 Å². The average molecular weight is 340 g/mol. The fourth-order valence-corrected chi connectivity index (χ4v) is 3.59. The fraction of sp³-hybridized carbons (Fsp3) is 0.500. The zero-order valence-electron chi connectivity index (χ0n) is 15.4. The first-order valence-electron chi connectivity index (χ1n) is 9.23. The summed E-state index contributed by atoms with van der Waals surface area (Å²) in [5, 5.41) is 11.0. The summed E-state index contributed by atoms with van der Waals surface area (Å²) in [6.07, 6.45) is 5.23. The van der Waals surface area contributed by atoms with Crippen molar-refractivity contribution in [2.75, 3.05) is 0 Å². The van der Waals surface area contributed by atoms with Crippen molar-refractivity contribution >= 4 is 5.91 Å². The van der Waals surface area contributed by atoms with Crippen LogP contribution in [0.4, 0.5) is 0 Å². The molecule has 1 aromatic carbocycles. The number of aromatic nitrogens is 2. The van der Waals surface area contributed by atoms with E-state index in [1.165, 1.54) is 16.8 Å². The maximum Gasteiger partial charge on any atom is 0.237 e. The predicted molar refractivity (Wildman–Crippen MR) is 99.2 cm³/mol. The minimum Gasteiger partial charge on any atom is -0.351 e. The quantitative estimate of drug-likeness (QED) is 0.850. The van der Waals surface area contributed by atoms with Gasteiger partial charge < -0.3 is 5.32 Å². The van der Waals surface area contributed by atoms with E-state index in [0.717, 1.165) is 31.4 Å². The SMILES string of the molecule is CCn1ncc2c1CCCC2NC(C)C(=O)NCc1ccccc1C. The van der Waals surface area contributed by atoms with Gasteiger partial charge >= 0.3 is 0 Å². The van der Waals surface area contributed by atoms with Gasteiger partial charge in [-0.3, -0.25) is 14.8 Å². The molecule has 0 saturated carbocycles. The van der Waals surface area contributed by atoms with Gasteiger partial charge in [-0.2, -0.15) is 5.10 Å². The number of carbonyl (C=O) groups excluding carboxylic acids is 1. The molecule has 1 amide bonds. The van der Waals surface area contributed by atoms with Gasteiger partial charge in [0.05, 0.1) is 12.2 Å². The van der Waals surface area contributed by atoms with Crippen LogP contribution in [0, 0.1) is 6.92 Å². The van der Waals surface area contributed by atoms with Crippen molar-refractivity contribution in [1.29, 1.82) is 0 Å². The molecule has 1 aliphatic carbocycles. The van der Waals surface area contributed by atoms with Gasteiger partial charge in [-0.1, -0.05) is 24.3 Å². The van der Waals surface area contributed by atoms with Crippen molar-refractivity contribution in [1.82, 2.24) is 20.4 Å². The molecule has 0 bridgehead atoms. The number of rotatable bonds is 6. The van der Waals surface area contributed by atoms with Crippen molar-refractivity contribution < 1.29 is 4.79 Å². The number of nitrogens with one attached hydrogen (secondary N) is 2. The lowest BCUT2D eigenvalue weighted by Gasteiger charge is -2.27. The van der Waals surface area contributed by atoms with Gasteiger partial charge in [0.25, 0.3) is 0 Å². The topological polar surface area (TPSA) is 59.0 Å². The normalized spacial score (nSPS) is 17.8. The Morgan fingerprint density at radius 3 is 2.96 bits per heavy atom. The van der Waals surface area contributed by atoms with Gasteiger partial charge in [0.1, 0.15) is 0 Å². The number of hydrogen-bond donors (Lipinski definition) is 2. The number of amides is 1. The Hall–Kier alpha value is -2.14. The van der Waals surface area contributed by atoms with Gasteiger partial charge in [0, 0.05) is 30.4 Å². The minimum atomic E-state index is -0.232. The molecule has 0 radical (unpaired) electrons. The molecule has 2 N–H and O–H groups in total. The Labute approximate surface area is 149 Å². The van der Waals surface area contributed by atoms with Crippen molar-refractivity contribution in [3.05, 3.63) is 52.8 Å². The first-order chi connectivity index (χ1) is 12.1. The lowest BCUT2D eigenvalue weighted by Crippen LogP contribution is -2.44. The molecule has 0 fully saturated rings. The third-order valence-corrected chi connectivity index (χ3v) is 5.12. The Morgan fingerprint density at radius 2 is 2.20 bits per heavy atom. The highest BCUT2D eigenvalue weighted by Crippen LogP contribution is 2.29. The standard InChI is InChI=1S/C20H28N4O/c1-4-24-19-11-7-10-18(17(19)13-22-24)23-15(3)20(25)21-12-16-9-6-5-8-14(16)2/h5-6,8-9,13,15,18,23H,4,7,10-12H2,1-3H3,(H,21,25). The predicted octanol–water partition coefficient (Wildman–Crippen LogP) is 2.88. The minimum absolute atomic E-state index is 0.0401. The molecule has 3 rings (SSSR count). The van der Waals surface area contributed by atoms with E-state index in [-0.39, 0.29) is 18.0 Å². The summed E-state index contributed by atoms with van der Waals surface area (Å²) in [6.45, 7) is 7.59. The van der Waals surface area contributed by atoms with Gasteiger partial charge in [0.2, 0.25) is 5.91 Å². The molecule has 1 aliphatic rings. The molecule has 2 unspecified atom stereocenters. The van der Waals surface area contributed by atoms with E-state index in [2.05, 4.69) is 46.4 Å². The molecule has 0 aliphatic heterocycles. The van der Waals surface area contributed by atoms with E-state index >= 15 is 0 Å². The summed E-state index contributed by atoms with van der Waals surface area (Å²) in [5.41, 5.74) is 4.94. The fourth-order valence-electron chi connectivity index (χ4n) is 3.59. The van der Waals surface area contributed by atoms with Gasteiger partial charge in [-0.05, 0) is 51.2 Å². The van der Waals surface area contributed by atoms with Crippen LogP contribution in [0.5, 0.6) is 0 Å². The number of benzene rings is 1. The largest absolute Gasteiger partial charge is 0.351 e. The Balaban J connectivity index is 1.59. The highest BCUT2D eigenvalue weighted by molar-refractivity contribution is 5.81. The number of hydrogen-bond acceptors (Lipinski definition) is 3. The van der Waals surface area contributed by atoms with Crippen LogP contribution in [-0.2, 0) is 24.3 Å². The molecule has 0 saturated heterocycles. The first kappa shape index (κ1) is 17.7. The van der Waals surface area contributed by atoms with Gasteiger partial charge in [0.15, 0.2) is 0 Å². The van der Waals surface area contributed by atoms with E-state index in [9.17, 15) is 4.79 Å². The summed E-state index contributed by atoms with van der Waals surface area (Å²) < 4.78 is 2.08. The summed E-state index contributed by atoms with van der Waals surface area (Å²) >= 11 is 0. The zero-order valence-corrected chi connectivity index (χ0v) is 15.4. The molecule has 2 aromatic rings. The molecule has 134 valence electrons. The highest BCUT2D eigenvalue weighted by Gasteiger charge is 2.26. The van der Waals surface area contributed by atoms with Crippen molar-refractivity contribution in [2.24, 2.45) is 0 Å². The van der Waals surface area contributed by atoms with Crippen LogP contribution in [-0.4, -0.2) is 21.7 Å². The number of fused-ring (bicyclic) bond motifs is 1. The van der Waals surface area contributed by atoms with Crippen LogP contribution >= 0.6 is 0 Å². The van der Waals surface area contributed by atoms with Crippen LogP contribution in [0.3, 0.4) is 0 Å². The summed E-state index contributed by atoms with van der Waals surface area (Å²) in [7, 11) is 0. The third kappa shape index (κ3) is 3.93. The second-order valence-electron chi connectivity index (χ2n) is 6.84. The summed E-state index contributed by atoms with van der Waals surface area (Å²) in [5.74, 6) is 0.0401. The Morgan fingerprint density at radius 1 is 1.40 bits per heavy atom. The molecule has 2 atom stereocenters. The number of carbonyl (C=O) groups is 1. The van der Waals surface area contributed by atoms with Crippen LogP contribution in [0.1, 0.15) is 55.1 Å². The maximum absolute atomic E-state index is 12.5. The Kier molecular flexibility index (Phi) is 5.53. The molecule has 25 heavy (non-hydrogen) atoms. The van der Waals surface area contributed by atoms with E-state index < -0.39 is 0 Å². The van der Waals surface area contributed by atoms with Crippen molar-refractivity contribution in [3.8, 4) is 0 Å². The number of nitrogens with zero attached hydrogens (tertiary/aromatic N) is 2.